The molecule has 0 saturated carbocycles. The number of aryl methyl sites for hydroxylation is 1. The normalized spacial score (nSPS) is 14.4. The summed E-state index contributed by atoms with van der Waals surface area (Å²) in [4.78, 5) is 5.37. The molecule has 3 aromatic rings. The van der Waals surface area contributed by atoms with Gasteiger partial charge < -0.3 is 9.84 Å². The van der Waals surface area contributed by atoms with Crippen LogP contribution in [0.25, 0.3) is 10.1 Å². The van der Waals surface area contributed by atoms with E-state index >= 15 is 0 Å². The highest BCUT2D eigenvalue weighted by molar-refractivity contribution is 7.19. The smallest absolute Gasteiger partial charge is 0.146 e. The van der Waals surface area contributed by atoms with Crippen molar-refractivity contribution in [3.05, 3.63) is 45.4 Å². The molecule has 1 aliphatic rings. The molecule has 0 radical (unpaired) electrons. The number of pyridine rings is 1. The third kappa shape index (κ3) is 2.64. The molecule has 0 atom stereocenters. The molecular formula is C16H16ClN3OS. The Labute approximate surface area is 137 Å². The minimum absolute atomic E-state index is 0.583. The Hall–Kier alpha value is -1.43. The van der Waals surface area contributed by atoms with Gasteiger partial charge in [0, 0.05) is 36.1 Å². The first-order chi connectivity index (χ1) is 10.8. The first kappa shape index (κ1) is 14.2. The summed E-state index contributed by atoms with van der Waals surface area (Å²) >= 11 is 7.81. The van der Waals surface area contributed by atoms with Crippen LogP contribution < -0.4 is 5.32 Å². The predicted molar refractivity (Wildman–Crippen MR) is 88.3 cm³/mol. The van der Waals surface area contributed by atoms with E-state index in [1.807, 2.05) is 6.07 Å². The van der Waals surface area contributed by atoms with E-state index in [1.165, 1.54) is 23.3 Å². The Morgan fingerprint density at radius 2 is 2.18 bits per heavy atom. The van der Waals surface area contributed by atoms with Gasteiger partial charge in [-0.05, 0) is 36.8 Å². The van der Waals surface area contributed by atoms with E-state index in [0.29, 0.717) is 5.15 Å². The highest BCUT2D eigenvalue weighted by Crippen LogP contribution is 2.30. The summed E-state index contributed by atoms with van der Waals surface area (Å²) in [6, 6.07) is 4.16. The number of aromatic nitrogens is 2. The highest BCUT2D eigenvalue weighted by Gasteiger charge is 2.18. The Bertz CT molecular complexity index is 811. The minimum atomic E-state index is 0.583. The summed E-state index contributed by atoms with van der Waals surface area (Å²) in [6.07, 6.45) is 6.33. The number of nitrogens with one attached hydrogen (secondary N) is 1. The van der Waals surface area contributed by atoms with E-state index in [1.54, 1.807) is 17.5 Å². The molecular weight excluding hydrogens is 318 g/mol. The fraction of sp³-hybridized carbons (Fsp3) is 0.375. The van der Waals surface area contributed by atoms with Crippen LogP contribution in [-0.2, 0) is 25.9 Å². The molecule has 0 fully saturated rings. The molecule has 6 heteroatoms. The highest BCUT2D eigenvalue weighted by atomic mass is 35.5. The van der Waals surface area contributed by atoms with Crippen molar-refractivity contribution in [2.75, 3.05) is 0 Å². The van der Waals surface area contributed by atoms with Gasteiger partial charge in [-0.25, -0.2) is 4.98 Å². The summed E-state index contributed by atoms with van der Waals surface area (Å²) in [6.45, 7) is 1.55. The van der Waals surface area contributed by atoms with Gasteiger partial charge in [-0.3, -0.25) is 0 Å². The second-order valence-electron chi connectivity index (χ2n) is 5.57. The lowest BCUT2D eigenvalue weighted by Gasteiger charge is -2.09. The molecule has 3 heterocycles. The van der Waals surface area contributed by atoms with Crippen LogP contribution in [-0.4, -0.2) is 10.1 Å². The summed E-state index contributed by atoms with van der Waals surface area (Å²) in [5.41, 5.74) is 2.39. The number of thiophene rings is 1. The molecule has 0 unspecified atom stereocenters. The maximum Gasteiger partial charge on any atom is 0.146 e. The maximum absolute atomic E-state index is 6.12. The number of halogens is 1. The van der Waals surface area contributed by atoms with Gasteiger partial charge in [0.2, 0.25) is 0 Å². The number of hydrogen-bond acceptors (Lipinski definition) is 5. The van der Waals surface area contributed by atoms with Crippen molar-refractivity contribution in [1.29, 1.82) is 0 Å². The topological polar surface area (TPSA) is 51.0 Å². The Morgan fingerprint density at radius 3 is 3.09 bits per heavy atom. The van der Waals surface area contributed by atoms with Gasteiger partial charge in [0.25, 0.3) is 0 Å². The minimum Gasteiger partial charge on any atom is -0.361 e. The van der Waals surface area contributed by atoms with Crippen LogP contribution >= 0.6 is 22.9 Å². The van der Waals surface area contributed by atoms with E-state index in [0.717, 1.165) is 47.5 Å². The van der Waals surface area contributed by atoms with Crippen LogP contribution in [0.4, 0.5) is 0 Å². The molecule has 22 heavy (non-hydrogen) atoms. The summed E-state index contributed by atoms with van der Waals surface area (Å²) in [7, 11) is 0. The standard InChI is InChI=1S/C16H16ClN3OS/c17-16-15-10(5-6-19-16)7-11(22-15)8-18-9-13-12-3-1-2-4-14(12)21-20-13/h5-7,18H,1-4,8-9H2. The predicted octanol–water partition coefficient (Wildman–Crippen LogP) is 4.11. The van der Waals surface area contributed by atoms with E-state index in [9.17, 15) is 0 Å². The molecule has 0 aliphatic heterocycles. The Kier molecular flexibility index (Phi) is 3.86. The van der Waals surface area contributed by atoms with Gasteiger partial charge in [0.15, 0.2) is 0 Å². The zero-order chi connectivity index (χ0) is 14.9. The van der Waals surface area contributed by atoms with Crippen LogP contribution in [0, 0.1) is 0 Å². The molecule has 0 amide bonds. The number of rotatable bonds is 4. The fourth-order valence-electron chi connectivity index (χ4n) is 2.96. The van der Waals surface area contributed by atoms with Gasteiger partial charge in [-0.15, -0.1) is 11.3 Å². The van der Waals surface area contributed by atoms with Crippen LogP contribution in [0.5, 0.6) is 0 Å². The van der Waals surface area contributed by atoms with E-state index in [-0.39, 0.29) is 0 Å². The van der Waals surface area contributed by atoms with Crippen LogP contribution in [0.1, 0.15) is 34.7 Å². The molecule has 0 saturated heterocycles. The van der Waals surface area contributed by atoms with E-state index in [2.05, 4.69) is 21.5 Å². The van der Waals surface area contributed by atoms with E-state index in [4.69, 9.17) is 16.1 Å². The summed E-state index contributed by atoms with van der Waals surface area (Å²) in [5.74, 6) is 1.09. The second kappa shape index (κ2) is 5.99. The lowest BCUT2D eigenvalue weighted by molar-refractivity contribution is 0.366. The molecule has 4 rings (SSSR count). The maximum atomic E-state index is 6.12. The lowest BCUT2D eigenvalue weighted by atomic mass is 9.96. The average molecular weight is 334 g/mol. The summed E-state index contributed by atoms with van der Waals surface area (Å²) < 4.78 is 6.50. The quantitative estimate of drug-likeness (QED) is 0.730. The van der Waals surface area contributed by atoms with Crippen molar-refractivity contribution < 1.29 is 4.52 Å². The number of hydrogen-bond donors (Lipinski definition) is 1. The molecule has 4 nitrogen and oxygen atoms in total. The average Bonchev–Trinajstić information content (AvgIpc) is 3.13. The number of nitrogens with zero attached hydrogens (tertiary/aromatic N) is 2. The van der Waals surface area contributed by atoms with Gasteiger partial charge in [-0.2, -0.15) is 0 Å². The van der Waals surface area contributed by atoms with Gasteiger partial charge in [-0.1, -0.05) is 16.8 Å². The van der Waals surface area contributed by atoms with Crippen molar-refractivity contribution in [3.63, 3.8) is 0 Å². The SMILES string of the molecule is Clc1nccc2cc(CNCc3noc4c3CCCC4)sc12. The molecule has 3 aromatic heterocycles. The van der Waals surface area contributed by atoms with Crippen molar-refractivity contribution >= 4 is 33.0 Å². The van der Waals surface area contributed by atoms with Crippen LogP contribution in [0.3, 0.4) is 0 Å². The molecule has 0 aromatic carbocycles. The largest absolute Gasteiger partial charge is 0.361 e. The zero-order valence-corrected chi connectivity index (χ0v) is 13.6. The van der Waals surface area contributed by atoms with Gasteiger partial charge in [0.05, 0.1) is 4.70 Å². The molecule has 0 bridgehead atoms. The van der Waals surface area contributed by atoms with Gasteiger partial charge >= 0.3 is 0 Å². The summed E-state index contributed by atoms with van der Waals surface area (Å²) in [5, 5.41) is 9.42. The van der Waals surface area contributed by atoms with E-state index < -0.39 is 0 Å². The first-order valence-electron chi connectivity index (χ1n) is 7.51. The number of fused-ring (bicyclic) bond motifs is 2. The monoisotopic (exact) mass is 333 g/mol. The second-order valence-corrected chi connectivity index (χ2v) is 7.07. The first-order valence-corrected chi connectivity index (χ1v) is 8.70. The molecule has 1 aliphatic carbocycles. The third-order valence-electron chi connectivity index (χ3n) is 4.06. The fourth-order valence-corrected chi connectivity index (χ4v) is 4.25. The van der Waals surface area contributed by atoms with Gasteiger partial charge in [0.1, 0.15) is 16.6 Å². The molecule has 114 valence electrons. The lowest BCUT2D eigenvalue weighted by Crippen LogP contribution is -2.14. The van der Waals surface area contributed by atoms with Crippen molar-refractivity contribution in [2.24, 2.45) is 0 Å². The van der Waals surface area contributed by atoms with Crippen molar-refractivity contribution in [3.8, 4) is 0 Å². The van der Waals surface area contributed by atoms with Crippen LogP contribution in [0.2, 0.25) is 5.15 Å². The zero-order valence-electron chi connectivity index (χ0n) is 12.1. The molecule has 0 spiro atoms. The van der Waals surface area contributed by atoms with Crippen molar-refractivity contribution in [1.82, 2.24) is 15.5 Å². The van der Waals surface area contributed by atoms with Crippen molar-refractivity contribution in [2.45, 2.75) is 38.8 Å². The molecule has 1 N–H and O–H groups in total. The third-order valence-corrected chi connectivity index (χ3v) is 5.62. The van der Waals surface area contributed by atoms with Crippen LogP contribution in [0.15, 0.2) is 22.9 Å². The Balaban J connectivity index is 1.44. The Morgan fingerprint density at radius 1 is 1.27 bits per heavy atom.